The third-order valence-corrected chi connectivity index (χ3v) is 5.36. The SMILES string of the molecule is O=C(Nc1ccc(Cl)cc1)C1CCCN(Cc2cccc(-n3ccnc3)c2)C1. The van der Waals surface area contributed by atoms with Crippen LogP contribution in [0, 0.1) is 5.92 Å². The number of hydrogen-bond donors (Lipinski definition) is 1. The molecule has 2 aromatic carbocycles. The minimum atomic E-state index is 0.00117. The first kappa shape index (κ1) is 18.7. The third-order valence-electron chi connectivity index (χ3n) is 5.11. The van der Waals surface area contributed by atoms with Crippen LogP contribution in [0.5, 0.6) is 0 Å². The molecule has 0 spiro atoms. The third kappa shape index (κ3) is 4.61. The molecule has 0 radical (unpaired) electrons. The molecule has 4 rings (SSSR count). The maximum absolute atomic E-state index is 12.7. The number of carbonyl (C=O) groups is 1. The van der Waals surface area contributed by atoms with E-state index in [1.165, 1.54) is 5.56 Å². The van der Waals surface area contributed by atoms with Gasteiger partial charge in [0.1, 0.15) is 0 Å². The molecule has 2 heterocycles. The van der Waals surface area contributed by atoms with Gasteiger partial charge in [-0.2, -0.15) is 0 Å². The summed E-state index contributed by atoms with van der Waals surface area (Å²) in [6.45, 7) is 2.63. The Morgan fingerprint density at radius 3 is 2.86 bits per heavy atom. The number of carbonyl (C=O) groups excluding carboxylic acids is 1. The van der Waals surface area contributed by atoms with E-state index in [4.69, 9.17) is 11.6 Å². The van der Waals surface area contributed by atoms with Gasteiger partial charge in [-0.1, -0.05) is 23.7 Å². The van der Waals surface area contributed by atoms with Gasteiger partial charge in [0.15, 0.2) is 0 Å². The summed E-state index contributed by atoms with van der Waals surface area (Å²) in [6, 6.07) is 15.7. The summed E-state index contributed by atoms with van der Waals surface area (Å²) in [5.74, 6) is 0.0837. The van der Waals surface area contributed by atoms with Crippen molar-refractivity contribution >= 4 is 23.2 Å². The van der Waals surface area contributed by atoms with E-state index < -0.39 is 0 Å². The predicted octanol–water partition coefficient (Wildman–Crippen LogP) is 4.38. The van der Waals surface area contributed by atoms with E-state index in [0.29, 0.717) is 5.02 Å². The highest BCUT2D eigenvalue weighted by atomic mass is 35.5. The summed E-state index contributed by atoms with van der Waals surface area (Å²) in [4.78, 5) is 19.2. The average molecular weight is 395 g/mol. The Balaban J connectivity index is 1.38. The smallest absolute Gasteiger partial charge is 0.228 e. The molecule has 1 aliphatic rings. The molecule has 0 saturated carbocycles. The molecule has 1 fully saturated rings. The van der Waals surface area contributed by atoms with E-state index in [1.807, 2.05) is 22.9 Å². The molecule has 3 aromatic rings. The van der Waals surface area contributed by atoms with Crippen LogP contribution < -0.4 is 5.32 Å². The van der Waals surface area contributed by atoms with Crippen molar-refractivity contribution in [1.82, 2.24) is 14.5 Å². The highest BCUT2D eigenvalue weighted by Crippen LogP contribution is 2.22. The van der Waals surface area contributed by atoms with E-state index in [2.05, 4.69) is 39.5 Å². The topological polar surface area (TPSA) is 50.2 Å². The maximum Gasteiger partial charge on any atom is 0.228 e. The molecular weight excluding hydrogens is 372 g/mol. The number of imidazole rings is 1. The van der Waals surface area contributed by atoms with Crippen LogP contribution in [-0.4, -0.2) is 33.4 Å². The Hall–Kier alpha value is -2.63. The van der Waals surface area contributed by atoms with Crippen molar-refractivity contribution < 1.29 is 4.79 Å². The standard InChI is InChI=1S/C22H23ClN4O/c23-19-6-8-20(9-7-19)25-22(28)18-4-2-11-26(15-18)14-17-3-1-5-21(13-17)27-12-10-24-16-27/h1,3,5-10,12-13,16,18H,2,4,11,14-15H2,(H,25,28). The monoisotopic (exact) mass is 394 g/mol. The summed E-state index contributed by atoms with van der Waals surface area (Å²) in [7, 11) is 0. The van der Waals surface area contributed by atoms with Crippen LogP contribution in [0.4, 0.5) is 5.69 Å². The molecule has 28 heavy (non-hydrogen) atoms. The maximum atomic E-state index is 12.7. The minimum Gasteiger partial charge on any atom is -0.326 e. The molecule has 0 bridgehead atoms. The number of likely N-dealkylation sites (tertiary alicyclic amines) is 1. The largest absolute Gasteiger partial charge is 0.326 e. The van der Waals surface area contributed by atoms with Gasteiger partial charge in [-0.3, -0.25) is 9.69 Å². The molecule has 1 N–H and O–H groups in total. The Morgan fingerprint density at radius 1 is 1.21 bits per heavy atom. The number of anilines is 1. The van der Waals surface area contributed by atoms with Crippen LogP contribution in [0.2, 0.25) is 5.02 Å². The Labute approximate surface area is 170 Å². The van der Waals surface area contributed by atoms with Gasteiger partial charge < -0.3 is 9.88 Å². The fraction of sp³-hybridized carbons (Fsp3) is 0.273. The summed E-state index contributed by atoms with van der Waals surface area (Å²) in [5.41, 5.74) is 3.13. The zero-order chi connectivity index (χ0) is 19.3. The molecule has 1 aliphatic heterocycles. The molecule has 1 aromatic heterocycles. The zero-order valence-electron chi connectivity index (χ0n) is 15.6. The van der Waals surface area contributed by atoms with Gasteiger partial charge in [0, 0.05) is 41.9 Å². The van der Waals surface area contributed by atoms with Gasteiger partial charge in [0.25, 0.3) is 0 Å². The van der Waals surface area contributed by atoms with Crippen molar-refractivity contribution in [2.45, 2.75) is 19.4 Å². The Bertz CT molecular complexity index is 924. The van der Waals surface area contributed by atoms with Crippen molar-refractivity contribution in [2.24, 2.45) is 5.92 Å². The Morgan fingerprint density at radius 2 is 2.07 bits per heavy atom. The van der Waals surface area contributed by atoms with Crippen molar-refractivity contribution in [3.63, 3.8) is 0 Å². The molecule has 1 unspecified atom stereocenters. The first-order valence-electron chi connectivity index (χ1n) is 9.53. The average Bonchev–Trinajstić information content (AvgIpc) is 3.25. The van der Waals surface area contributed by atoms with Gasteiger partial charge in [-0.05, 0) is 61.3 Å². The van der Waals surface area contributed by atoms with E-state index in [1.54, 1.807) is 24.7 Å². The van der Waals surface area contributed by atoms with Crippen molar-refractivity contribution in [3.8, 4) is 5.69 Å². The first-order chi connectivity index (χ1) is 13.7. The zero-order valence-corrected chi connectivity index (χ0v) is 16.3. The molecule has 1 saturated heterocycles. The van der Waals surface area contributed by atoms with Crippen LogP contribution >= 0.6 is 11.6 Å². The van der Waals surface area contributed by atoms with Crippen molar-refractivity contribution in [3.05, 3.63) is 77.8 Å². The lowest BCUT2D eigenvalue weighted by molar-refractivity contribution is -0.121. The number of amides is 1. The van der Waals surface area contributed by atoms with Crippen LogP contribution in [0.3, 0.4) is 0 Å². The number of nitrogens with zero attached hydrogens (tertiary/aromatic N) is 3. The van der Waals surface area contributed by atoms with Crippen LogP contribution in [0.15, 0.2) is 67.3 Å². The van der Waals surface area contributed by atoms with Crippen LogP contribution in [0.25, 0.3) is 5.69 Å². The first-order valence-corrected chi connectivity index (χ1v) is 9.91. The van der Waals surface area contributed by atoms with Gasteiger partial charge in [0.05, 0.1) is 12.2 Å². The second-order valence-electron chi connectivity index (χ2n) is 7.21. The molecule has 5 nitrogen and oxygen atoms in total. The van der Waals surface area contributed by atoms with E-state index in [-0.39, 0.29) is 11.8 Å². The molecule has 6 heteroatoms. The fourth-order valence-corrected chi connectivity index (χ4v) is 3.80. The lowest BCUT2D eigenvalue weighted by atomic mass is 9.96. The minimum absolute atomic E-state index is 0.00117. The van der Waals surface area contributed by atoms with Gasteiger partial charge in [-0.25, -0.2) is 4.98 Å². The number of rotatable bonds is 5. The lowest BCUT2D eigenvalue weighted by Crippen LogP contribution is -2.40. The number of piperidine rings is 1. The highest BCUT2D eigenvalue weighted by Gasteiger charge is 2.26. The van der Waals surface area contributed by atoms with Crippen LogP contribution in [-0.2, 0) is 11.3 Å². The number of nitrogens with one attached hydrogen (secondary N) is 1. The quantitative estimate of drug-likeness (QED) is 0.698. The van der Waals surface area contributed by atoms with E-state index in [0.717, 1.165) is 43.9 Å². The predicted molar refractivity (Wildman–Crippen MR) is 112 cm³/mol. The highest BCUT2D eigenvalue weighted by molar-refractivity contribution is 6.30. The second-order valence-corrected chi connectivity index (χ2v) is 7.65. The van der Waals surface area contributed by atoms with Crippen molar-refractivity contribution in [2.75, 3.05) is 18.4 Å². The second kappa shape index (κ2) is 8.59. The summed E-state index contributed by atoms with van der Waals surface area (Å²) in [5, 5.41) is 3.68. The Kier molecular flexibility index (Phi) is 5.74. The number of halogens is 1. The summed E-state index contributed by atoms with van der Waals surface area (Å²) >= 11 is 5.91. The normalized spacial score (nSPS) is 17.4. The van der Waals surface area contributed by atoms with Crippen LogP contribution in [0.1, 0.15) is 18.4 Å². The van der Waals surface area contributed by atoms with Gasteiger partial charge >= 0.3 is 0 Å². The summed E-state index contributed by atoms with van der Waals surface area (Å²) < 4.78 is 2.00. The van der Waals surface area contributed by atoms with Crippen molar-refractivity contribution in [1.29, 1.82) is 0 Å². The molecule has 144 valence electrons. The van der Waals surface area contributed by atoms with E-state index in [9.17, 15) is 4.79 Å². The number of aromatic nitrogens is 2. The molecule has 1 atom stereocenters. The van der Waals surface area contributed by atoms with E-state index >= 15 is 0 Å². The summed E-state index contributed by atoms with van der Waals surface area (Å²) in [6.07, 6.45) is 7.47. The molecule has 0 aliphatic carbocycles. The number of hydrogen-bond acceptors (Lipinski definition) is 3. The molecular formula is C22H23ClN4O. The van der Waals surface area contributed by atoms with Gasteiger partial charge in [0.2, 0.25) is 5.91 Å². The number of benzene rings is 2. The lowest BCUT2D eigenvalue weighted by Gasteiger charge is -2.32. The fourth-order valence-electron chi connectivity index (χ4n) is 3.68. The van der Waals surface area contributed by atoms with Gasteiger partial charge in [-0.15, -0.1) is 0 Å². The molecule has 1 amide bonds.